The second-order valence-electron chi connectivity index (χ2n) is 3.83. The van der Waals surface area contributed by atoms with Crippen LogP contribution in [0.15, 0.2) is 6.20 Å². The molecule has 17 heavy (non-hydrogen) atoms. The summed E-state index contributed by atoms with van der Waals surface area (Å²) in [7, 11) is 0. The van der Waals surface area contributed by atoms with Gasteiger partial charge in [-0.1, -0.05) is 11.6 Å². The van der Waals surface area contributed by atoms with E-state index in [1.54, 1.807) is 6.20 Å². The predicted octanol–water partition coefficient (Wildman–Crippen LogP) is 1.35. The number of nitrogens with zero attached hydrogens (tertiary/aromatic N) is 4. The van der Waals surface area contributed by atoms with Gasteiger partial charge in [0.25, 0.3) is 0 Å². The first-order valence-corrected chi connectivity index (χ1v) is 5.51. The van der Waals surface area contributed by atoms with Crippen molar-refractivity contribution in [3.05, 3.63) is 17.0 Å². The van der Waals surface area contributed by atoms with Crippen LogP contribution in [0.1, 0.15) is 18.5 Å². The van der Waals surface area contributed by atoms with E-state index in [0.29, 0.717) is 5.82 Å². The largest absolute Gasteiger partial charge is 0.354 e. The molecule has 1 aromatic heterocycles. The maximum absolute atomic E-state index is 8.69. The topological polar surface area (TPSA) is 78.8 Å². The molecule has 0 saturated carbocycles. The molecule has 2 heterocycles. The lowest BCUT2D eigenvalue weighted by molar-refractivity contribution is 0.503. The molecule has 7 heteroatoms. The molecule has 2 N–H and O–H groups in total. The van der Waals surface area contributed by atoms with Crippen molar-refractivity contribution < 1.29 is 0 Å². The molecule has 0 bridgehead atoms. The molecule has 1 unspecified atom stereocenters. The summed E-state index contributed by atoms with van der Waals surface area (Å²) in [6.45, 7) is 1.67. The van der Waals surface area contributed by atoms with E-state index >= 15 is 0 Å². The molecule has 1 aliphatic heterocycles. The van der Waals surface area contributed by atoms with Gasteiger partial charge in [-0.25, -0.2) is 9.97 Å². The van der Waals surface area contributed by atoms with Crippen LogP contribution in [-0.2, 0) is 0 Å². The summed E-state index contributed by atoms with van der Waals surface area (Å²) in [5.41, 5.74) is 6.04. The van der Waals surface area contributed by atoms with Gasteiger partial charge >= 0.3 is 0 Å². The molecule has 0 aromatic carbocycles. The monoisotopic (exact) mass is 273 g/mol. The molecule has 2 rings (SSSR count). The summed E-state index contributed by atoms with van der Waals surface area (Å²) in [5.74, 6) is 0.694. The lowest BCUT2D eigenvalue weighted by atomic mass is 10.1. The molecule has 1 saturated heterocycles. The number of nitrogens with two attached hydrogens (primary N) is 1. The average Bonchev–Trinajstić information content (AvgIpc) is 2.29. The Kier molecular flexibility index (Phi) is 4.94. The number of rotatable bonds is 1. The van der Waals surface area contributed by atoms with Gasteiger partial charge in [-0.3, -0.25) is 0 Å². The lowest BCUT2D eigenvalue weighted by Crippen LogP contribution is -2.43. The van der Waals surface area contributed by atoms with Crippen molar-refractivity contribution in [2.75, 3.05) is 18.0 Å². The van der Waals surface area contributed by atoms with Crippen LogP contribution in [0, 0.1) is 11.3 Å². The van der Waals surface area contributed by atoms with Crippen LogP contribution >= 0.6 is 24.0 Å². The molecule has 1 aliphatic rings. The Balaban J connectivity index is 0.00000144. The van der Waals surface area contributed by atoms with Crippen LogP contribution in [0.5, 0.6) is 0 Å². The Hall–Kier alpha value is -1.09. The number of halogens is 2. The fraction of sp³-hybridized carbons (Fsp3) is 0.500. The van der Waals surface area contributed by atoms with Gasteiger partial charge in [0, 0.05) is 19.1 Å². The van der Waals surface area contributed by atoms with Crippen molar-refractivity contribution in [3.8, 4) is 6.07 Å². The van der Waals surface area contributed by atoms with Crippen molar-refractivity contribution in [2.24, 2.45) is 5.73 Å². The fourth-order valence-electron chi connectivity index (χ4n) is 1.80. The van der Waals surface area contributed by atoms with Crippen molar-refractivity contribution in [1.29, 1.82) is 5.26 Å². The van der Waals surface area contributed by atoms with Gasteiger partial charge in [-0.2, -0.15) is 5.26 Å². The van der Waals surface area contributed by atoms with Gasteiger partial charge in [0.1, 0.15) is 11.9 Å². The summed E-state index contributed by atoms with van der Waals surface area (Å²) >= 11 is 5.83. The zero-order valence-corrected chi connectivity index (χ0v) is 10.7. The number of aromatic nitrogens is 2. The summed E-state index contributed by atoms with van der Waals surface area (Å²) in [6.07, 6.45) is 3.65. The van der Waals surface area contributed by atoms with Gasteiger partial charge in [-0.15, -0.1) is 12.4 Å². The van der Waals surface area contributed by atoms with Gasteiger partial charge < -0.3 is 10.6 Å². The van der Waals surface area contributed by atoms with Crippen LogP contribution in [0.3, 0.4) is 0 Å². The zero-order chi connectivity index (χ0) is 11.5. The van der Waals surface area contributed by atoms with Gasteiger partial charge in [-0.05, 0) is 12.8 Å². The predicted molar refractivity (Wildman–Crippen MR) is 68.4 cm³/mol. The Morgan fingerprint density at radius 3 is 2.94 bits per heavy atom. The Morgan fingerprint density at radius 1 is 1.59 bits per heavy atom. The number of nitriles is 1. The quantitative estimate of drug-likeness (QED) is 0.836. The molecular formula is C10H13Cl2N5. The van der Waals surface area contributed by atoms with E-state index in [1.165, 1.54) is 0 Å². The van der Waals surface area contributed by atoms with Gasteiger partial charge in [0.2, 0.25) is 0 Å². The van der Waals surface area contributed by atoms with E-state index in [-0.39, 0.29) is 29.3 Å². The second kappa shape index (κ2) is 6.01. The number of hydrogen-bond donors (Lipinski definition) is 1. The molecular weight excluding hydrogens is 261 g/mol. The molecule has 92 valence electrons. The average molecular weight is 274 g/mol. The summed E-state index contributed by atoms with van der Waals surface area (Å²) in [5, 5.41) is 8.84. The highest BCUT2D eigenvalue weighted by Crippen LogP contribution is 2.19. The fourth-order valence-corrected chi connectivity index (χ4v) is 1.98. The molecule has 0 aliphatic carbocycles. The first-order chi connectivity index (χ1) is 7.70. The summed E-state index contributed by atoms with van der Waals surface area (Å²) in [4.78, 5) is 10.2. The molecule has 0 radical (unpaired) electrons. The molecule has 1 atom stereocenters. The third kappa shape index (κ3) is 3.19. The van der Waals surface area contributed by atoms with E-state index in [0.717, 1.165) is 25.9 Å². The SMILES string of the molecule is Cl.N#Cc1ncc(N2CCCC(N)C2)nc1Cl. The van der Waals surface area contributed by atoms with Crippen LogP contribution in [0.25, 0.3) is 0 Å². The van der Waals surface area contributed by atoms with Crippen LogP contribution in [-0.4, -0.2) is 29.1 Å². The van der Waals surface area contributed by atoms with E-state index in [9.17, 15) is 0 Å². The smallest absolute Gasteiger partial charge is 0.178 e. The van der Waals surface area contributed by atoms with Crippen molar-refractivity contribution in [1.82, 2.24) is 9.97 Å². The standard InChI is InChI=1S/C10H12ClN5.ClH/c11-10-8(4-12)14-5-9(15-10)16-3-1-2-7(13)6-16;/h5,7H,1-3,6,13H2;1H. The maximum Gasteiger partial charge on any atom is 0.178 e. The normalized spacial score (nSPS) is 19.4. The Labute approximate surface area is 111 Å². The highest BCUT2D eigenvalue weighted by Gasteiger charge is 2.18. The van der Waals surface area contributed by atoms with E-state index in [2.05, 4.69) is 9.97 Å². The van der Waals surface area contributed by atoms with Crippen molar-refractivity contribution >= 4 is 29.8 Å². The Morgan fingerprint density at radius 2 is 2.35 bits per heavy atom. The molecule has 1 aromatic rings. The van der Waals surface area contributed by atoms with Gasteiger partial charge in [0.05, 0.1) is 6.20 Å². The summed E-state index contributed by atoms with van der Waals surface area (Å²) in [6, 6.07) is 2.06. The summed E-state index contributed by atoms with van der Waals surface area (Å²) < 4.78 is 0. The number of hydrogen-bond acceptors (Lipinski definition) is 5. The third-order valence-corrected chi connectivity index (χ3v) is 2.87. The van der Waals surface area contributed by atoms with Crippen LogP contribution < -0.4 is 10.6 Å². The molecule has 0 spiro atoms. The van der Waals surface area contributed by atoms with Crippen molar-refractivity contribution in [3.63, 3.8) is 0 Å². The minimum atomic E-state index is 0. The van der Waals surface area contributed by atoms with Crippen LogP contribution in [0.2, 0.25) is 5.15 Å². The minimum Gasteiger partial charge on any atom is -0.354 e. The number of anilines is 1. The minimum absolute atomic E-state index is 0. The third-order valence-electron chi connectivity index (χ3n) is 2.60. The van der Waals surface area contributed by atoms with Gasteiger partial charge in [0.15, 0.2) is 10.8 Å². The highest BCUT2D eigenvalue weighted by molar-refractivity contribution is 6.30. The Bertz CT molecular complexity index is 431. The molecule has 5 nitrogen and oxygen atoms in total. The second-order valence-corrected chi connectivity index (χ2v) is 4.19. The van der Waals surface area contributed by atoms with Crippen molar-refractivity contribution in [2.45, 2.75) is 18.9 Å². The van der Waals surface area contributed by atoms with E-state index < -0.39 is 0 Å². The van der Waals surface area contributed by atoms with E-state index in [1.807, 2.05) is 11.0 Å². The maximum atomic E-state index is 8.69. The first kappa shape index (κ1) is 14.0. The molecule has 1 fully saturated rings. The number of piperidine rings is 1. The first-order valence-electron chi connectivity index (χ1n) is 5.14. The highest BCUT2D eigenvalue weighted by atomic mass is 35.5. The zero-order valence-electron chi connectivity index (χ0n) is 9.14. The lowest BCUT2D eigenvalue weighted by Gasteiger charge is -2.31. The molecule has 0 amide bonds. The van der Waals surface area contributed by atoms with Crippen LogP contribution in [0.4, 0.5) is 5.82 Å². The van der Waals surface area contributed by atoms with E-state index in [4.69, 9.17) is 22.6 Å².